The van der Waals surface area contributed by atoms with Gasteiger partial charge in [0.25, 0.3) is 0 Å². The molecule has 0 spiro atoms. The molecular weight excluding hydrogens is 496 g/mol. The van der Waals surface area contributed by atoms with Gasteiger partial charge >= 0.3 is 13.6 Å². The number of aliphatic hydroxyl groups is 1. The summed E-state index contributed by atoms with van der Waals surface area (Å²) in [5, 5.41) is 18.8. The number of aromatic nitrogens is 1. The molecule has 4 rings (SSSR count). The molecule has 3 aromatic rings. The molecule has 1 aliphatic carbocycles. The highest BCUT2D eigenvalue weighted by molar-refractivity contribution is 7.52. The number of nitrogens with zero attached hydrogens (tertiary/aromatic N) is 1. The van der Waals surface area contributed by atoms with Crippen LogP contribution in [0, 0.1) is 5.82 Å². The van der Waals surface area contributed by atoms with Crippen LogP contribution >= 0.6 is 7.60 Å². The van der Waals surface area contributed by atoms with Crippen molar-refractivity contribution < 1.29 is 33.4 Å². The number of hydrogen-bond acceptors (Lipinski definition) is 5. The van der Waals surface area contributed by atoms with Crippen LogP contribution in [0.15, 0.2) is 48.5 Å². The van der Waals surface area contributed by atoms with Gasteiger partial charge in [-0.05, 0) is 59.6 Å². The van der Waals surface area contributed by atoms with Gasteiger partial charge in [-0.25, -0.2) is 4.39 Å². The molecule has 0 aliphatic heterocycles. The molecule has 0 fully saturated rings. The van der Waals surface area contributed by atoms with Gasteiger partial charge in [-0.3, -0.25) is 14.3 Å². The quantitative estimate of drug-likeness (QED) is 0.306. The number of carbonyl (C=O) groups is 1. The minimum Gasteiger partial charge on any atom is -0.481 e. The molecule has 1 unspecified atom stereocenters. The maximum Gasteiger partial charge on any atom is 0.331 e. The summed E-state index contributed by atoms with van der Waals surface area (Å²) in [4.78, 5) is 26.3. The second-order valence-corrected chi connectivity index (χ2v) is 11.6. The third-order valence-electron chi connectivity index (χ3n) is 6.52. The van der Waals surface area contributed by atoms with Crippen LogP contribution in [0.5, 0.6) is 0 Å². The Hall–Kier alpha value is -2.90. The second-order valence-electron chi connectivity index (χ2n) is 9.70. The van der Waals surface area contributed by atoms with E-state index in [9.17, 15) is 23.7 Å². The molecule has 2 aromatic carbocycles. The lowest BCUT2D eigenvalue weighted by Crippen LogP contribution is -2.18. The molecular formula is C28H31FNO6P. The minimum atomic E-state index is -4.33. The number of pyridine rings is 1. The van der Waals surface area contributed by atoms with Crippen molar-refractivity contribution in [2.24, 2.45) is 0 Å². The Kier molecular flexibility index (Phi) is 8.24. The van der Waals surface area contributed by atoms with E-state index in [1.54, 1.807) is 12.1 Å². The molecule has 0 amide bonds. The van der Waals surface area contributed by atoms with E-state index in [1.165, 1.54) is 17.7 Å². The topological polar surface area (TPSA) is 117 Å². The molecule has 1 aliphatic rings. The first-order chi connectivity index (χ1) is 17.6. The number of aliphatic carboxylic acids is 1. The molecule has 1 aromatic heterocycles. The Balaban J connectivity index is 1.86. The van der Waals surface area contributed by atoms with E-state index in [2.05, 4.69) is 6.07 Å². The minimum absolute atomic E-state index is 0.0609. The van der Waals surface area contributed by atoms with Gasteiger partial charge in [0, 0.05) is 16.8 Å². The van der Waals surface area contributed by atoms with Crippen molar-refractivity contribution in [2.75, 3.05) is 6.16 Å². The van der Waals surface area contributed by atoms with Crippen LogP contribution in [0.25, 0.3) is 22.4 Å². The van der Waals surface area contributed by atoms with Crippen molar-refractivity contribution in [1.82, 2.24) is 4.98 Å². The fourth-order valence-corrected chi connectivity index (χ4v) is 6.01. The average molecular weight is 528 g/mol. The average Bonchev–Trinajstić information content (AvgIpc) is 3.01. The smallest absolute Gasteiger partial charge is 0.331 e. The first-order valence-corrected chi connectivity index (χ1v) is 14.1. The largest absolute Gasteiger partial charge is 0.481 e. The van der Waals surface area contributed by atoms with Crippen LogP contribution in [0.2, 0.25) is 0 Å². The zero-order valence-corrected chi connectivity index (χ0v) is 21.7. The van der Waals surface area contributed by atoms with Gasteiger partial charge in [0.05, 0.1) is 31.0 Å². The third-order valence-corrected chi connectivity index (χ3v) is 7.93. The van der Waals surface area contributed by atoms with Crippen LogP contribution in [0.4, 0.5) is 4.39 Å². The Labute approximate surface area is 215 Å². The van der Waals surface area contributed by atoms with E-state index in [0.29, 0.717) is 17.7 Å². The van der Waals surface area contributed by atoms with Gasteiger partial charge in [0.2, 0.25) is 0 Å². The predicted molar refractivity (Wildman–Crippen MR) is 139 cm³/mol. The second kappa shape index (κ2) is 11.2. The number of carboxylic acid groups (broad SMARTS) is 1. The van der Waals surface area contributed by atoms with Crippen LogP contribution in [0.3, 0.4) is 0 Å². The number of hydrogen-bond donors (Lipinski definition) is 3. The molecule has 196 valence electrons. The number of benzene rings is 2. The van der Waals surface area contributed by atoms with E-state index in [1.807, 2.05) is 32.0 Å². The molecule has 9 heteroatoms. The number of halogens is 1. The van der Waals surface area contributed by atoms with Crippen LogP contribution in [-0.4, -0.2) is 38.3 Å². The number of aryl methyl sites for hydroxylation is 1. The summed E-state index contributed by atoms with van der Waals surface area (Å²) in [5.41, 5.74) is 6.93. The molecule has 37 heavy (non-hydrogen) atoms. The fourth-order valence-electron chi connectivity index (χ4n) is 4.91. The fraction of sp³-hybridized carbons (Fsp3) is 0.357. The molecule has 1 heterocycles. The third kappa shape index (κ3) is 6.33. The summed E-state index contributed by atoms with van der Waals surface area (Å²) < 4.78 is 32.1. The number of fused-ring (bicyclic) bond motifs is 3. The Bertz CT molecular complexity index is 1340. The van der Waals surface area contributed by atoms with Gasteiger partial charge in [0.15, 0.2) is 0 Å². The lowest BCUT2D eigenvalue weighted by molar-refractivity contribution is -0.138. The first kappa shape index (κ1) is 27.1. The number of rotatable bonds is 9. The zero-order valence-electron chi connectivity index (χ0n) is 20.9. The van der Waals surface area contributed by atoms with Crippen molar-refractivity contribution >= 4 is 13.6 Å². The SMILES string of the molecule is CC(C)c1nc2c(c(-c3ccc(F)cc3)c1COP(=O)(O)C[C@@H](O)CC(=O)O)CCCc1ccccc1-2. The summed E-state index contributed by atoms with van der Waals surface area (Å²) >= 11 is 0. The van der Waals surface area contributed by atoms with Gasteiger partial charge in [-0.15, -0.1) is 0 Å². The van der Waals surface area contributed by atoms with E-state index in [4.69, 9.17) is 14.6 Å². The Morgan fingerprint density at radius 1 is 1.14 bits per heavy atom. The van der Waals surface area contributed by atoms with Crippen LogP contribution < -0.4 is 0 Å². The molecule has 0 bridgehead atoms. The zero-order chi connectivity index (χ0) is 26.7. The Morgan fingerprint density at radius 2 is 1.84 bits per heavy atom. The lowest BCUT2D eigenvalue weighted by Gasteiger charge is -2.24. The molecule has 0 saturated carbocycles. The van der Waals surface area contributed by atoms with E-state index < -0.39 is 32.3 Å². The van der Waals surface area contributed by atoms with Crippen molar-refractivity contribution in [3.05, 3.63) is 76.7 Å². The standard InChI is InChI=1S/C28H31FNO6P/c1-17(2)27-24(15-36-37(34,35)16-21(31)14-25(32)33)26(19-10-12-20(29)13-11-19)23-9-5-7-18-6-3-4-8-22(18)28(23)30-27/h3-4,6,8,10-13,17,21,31H,5,7,9,14-16H2,1-2H3,(H,32,33)(H,34,35)/t21-/m0/s1. The summed E-state index contributed by atoms with van der Waals surface area (Å²) in [6.45, 7) is 3.69. The van der Waals surface area contributed by atoms with Crippen LogP contribution in [-0.2, 0) is 33.3 Å². The van der Waals surface area contributed by atoms with Crippen molar-refractivity contribution in [3.63, 3.8) is 0 Å². The van der Waals surface area contributed by atoms with Crippen molar-refractivity contribution in [2.45, 2.75) is 58.2 Å². The highest BCUT2D eigenvalue weighted by Crippen LogP contribution is 2.47. The molecule has 0 radical (unpaired) electrons. The maximum absolute atomic E-state index is 13.9. The first-order valence-electron chi connectivity index (χ1n) is 12.3. The van der Waals surface area contributed by atoms with Gasteiger partial charge in [0.1, 0.15) is 5.82 Å². The van der Waals surface area contributed by atoms with E-state index in [0.717, 1.165) is 40.8 Å². The summed E-state index contributed by atoms with van der Waals surface area (Å²) in [6, 6.07) is 14.3. The Morgan fingerprint density at radius 3 is 2.51 bits per heavy atom. The maximum atomic E-state index is 13.9. The van der Waals surface area contributed by atoms with E-state index >= 15 is 0 Å². The highest BCUT2D eigenvalue weighted by Gasteiger charge is 2.30. The summed E-state index contributed by atoms with van der Waals surface area (Å²) in [7, 11) is -4.33. The molecule has 2 atom stereocenters. The summed E-state index contributed by atoms with van der Waals surface area (Å²) in [5.74, 6) is -1.71. The predicted octanol–water partition coefficient (Wildman–Crippen LogP) is 5.70. The van der Waals surface area contributed by atoms with Gasteiger partial charge < -0.3 is 19.6 Å². The number of carboxylic acids is 1. The normalized spacial score (nSPS) is 15.4. The summed E-state index contributed by atoms with van der Waals surface area (Å²) in [6.07, 6.45) is -0.411. The lowest BCUT2D eigenvalue weighted by atomic mass is 9.87. The monoisotopic (exact) mass is 527 g/mol. The van der Waals surface area contributed by atoms with Crippen molar-refractivity contribution in [3.8, 4) is 22.4 Å². The molecule has 3 N–H and O–H groups in total. The van der Waals surface area contributed by atoms with Gasteiger partial charge in [-0.1, -0.05) is 50.2 Å². The highest BCUT2D eigenvalue weighted by atomic mass is 31.2. The molecule has 7 nitrogen and oxygen atoms in total. The molecule has 0 saturated heterocycles. The van der Waals surface area contributed by atoms with Crippen molar-refractivity contribution in [1.29, 1.82) is 0 Å². The van der Waals surface area contributed by atoms with Crippen LogP contribution in [0.1, 0.15) is 55.0 Å². The van der Waals surface area contributed by atoms with Gasteiger partial charge in [-0.2, -0.15) is 0 Å². The van der Waals surface area contributed by atoms with E-state index in [-0.39, 0.29) is 18.3 Å². The number of aliphatic hydroxyl groups excluding tert-OH is 1.